The number of pyridine rings is 1. The number of hydrogen-bond donors (Lipinski definition) is 3. The Morgan fingerprint density at radius 1 is 1.14 bits per heavy atom. The molecule has 0 radical (unpaired) electrons. The van der Waals surface area contributed by atoms with Gasteiger partial charge < -0.3 is 19.9 Å². The average molecular weight is 621 g/mol. The van der Waals surface area contributed by atoms with Gasteiger partial charge >= 0.3 is 13.3 Å². The van der Waals surface area contributed by atoms with Gasteiger partial charge in [-0.05, 0) is 65.8 Å². The van der Waals surface area contributed by atoms with Gasteiger partial charge in [0.15, 0.2) is 0 Å². The third-order valence-corrected chi connectivity index (χ3v) is 7.88. The Morgan fingerprint density at radius 2 is 1.79 bits per heavy atom. The van der Waals surface area contributed by atoms with E-state index in [1.165, 1.54) is 42.0 Å². The first-order chi connectivity index (χ1) is 20.3. The molecule has 43 heavy (non-hydrogen) atoms. The molecule has 5 rings (SSSR count). The van der Waals surface area contributed by atoms with E-state index in [4.69, 9.17) is 0 Å². The van der Waals surface area contributed by atoms with Gasteiger partial charge in [-0.25, -0.2) is 17.6 Å². The second-order valence-electron chi connectivity index (χ2n) is 10.1. The van der Waals surface area contributed by atoms with Crippen LogP contribution in [0.3, 0.4) is 0 Å². The summed E-state index contributed by atoms with van der Waals surface area (Å²) in [5, 5.41) is 25.6. The number of rotatable bonds is 9. The largest absolute Gasteiger partial charge is 0.760 e. The topological polar surface area (TPSA) is 130 Å². The molecule has 16 heteroatoms. The molecule has 0 aliphatic heterocycles. The molecule has 226 valence electrons. The van der Waals surface area contributed by atoms with E-state index in [1.54, 1.807) is 6.07 Å². The minimum Gasteiger partial charge on any atom is -0.760 e. The Morgan fingerprint density at radius 3 is 2.35 bits per heavy atom. The van der Waals surface area contributed by atoms with Crippen molar-refractivity contribution in [3.05, 3.63) is 88.1 Å². The van der Waals surface area contributed by atoms with Crippen molar-refractivity contribution >= 4 is 35.3 Å². The number of halogens is 5. The van der Waals surface area contributed by atoms with E-state index in [0.29, 0.717) is 26.5 Å². The number of nitrogens with one attached hydrogen (secondary N) is 1. The standard InChI is InChI=1S/C27H24BF5N4O5S/c1-34-26(38)22-21-10-19(14-2-3-14)17(13-37(21)35-25(22)15-4-7-18(29)8-5-15)12-36(43(41)42)11-16-6-9-20(28(39)40)24(30)23(16)27(31,32)33/h4-10,13-14,39-40H,2-3,11-12H2,1H3,(H,34,38)(H,41,42)/p-1. The molecule has 2 aromatic heterocycles. The normalized spacial score (nSPS) is 14.4. The van der Waals surface area contributed by atoms with Gasteiger partial charge in [-0.2, -0.15) is 18.3 Å². The molecule has 9 nitrogen and oxygen atoms in total. The lowest BCUT2D eigenvalue weighted by Gasteiger charge is -2.27. The first-order valence-electron chi connectivity index (χ1n) is 12.9. The Balaban J connectivity index is 1.60. The summed E-state index contributed by atoms with van der Waals surface area (Å²) in [6.07, 6.45) is -2.27. The molecule has 1 aliphatic rings. The summed E-state index contributed by atoms with van der Waals surface area (Å²) in [6, 6.07) is 8.55. The van der Waals surface area contributed by atoms with Crippen LogP contribution in [0.25, 0.3) is 16.8 Å². The van der Waals surface area contributed by atoms with E-state index < -0.39 is 71.8 Å². The molecule has 1 aliphatic carbocycles. The van der Waals surface area contributed by atoms with Gasteiger partial charge in [0.05, 0.1) is 16.6 Å². The van der Waals surface area contributed by atoms with Crippen LogP contribution in [-0.2, 0) is 30.5 Å². The van der Waals surface area contributed by atoms with Crippen molar-refractivity contribution in [1.29, 1.82) is 0 Å². The summed E-state index contributed by atoms with van der Waals surface area (Å²) in [5.41, 5.74) is -1.22. The highest BCUT2D eigenvalue weighted by atomic mass is 32.2. The number of hydrogen-bond acceptors (Lipinski definition) is 6. The van der Waals surface area contributed by atoms with Crippen LogP contribution in [0.5, 0.6) is 0 Å². The lowest BCUT2D eigenvalue weighted by Crippen LogP contribution is -2.36. The third kappa shape index (κ3) is 6.19. The van der Waals surface area contributed by atoms with E-state index in [1.807, 2.05) is 0 Å². The molecule has 1 unspecified atom stereocenters. The molecule has 1 amide bonds. The number of carbonyl (C=O) groups is 1. The maximum absolute atomic E-state index is 14.7. The SMILES string of the molecule is CNC(=O)c1c(-c2ccc(F)cc2)nn2cc(CN(Cc3ccc(B(O)O)c(F)c3C(F)(F)F)S(=O)[O-])c(C3CC3)cc12. The monoisotopic (exact) mass is 621 g/mol. The third-order valence-electron chi connectivity index (χ3n) is 7.20. The van der Waals surface area contributed by atoms with Crippen molar-refractivity contribution in [3.63, 3.8) is 0 Å². The van der Waals surface area contributed by atoms with E-state index in [2.05, 4.69) is 10.4 Å². The molecule has 2 heterocycles. The smallest absolute Gasteiger partial charge is 0.491 e. The first kappa shape index (κ1) is 30.8. The maximum atomic E-state index is 14.7. The Bertz CT molecular complexity index is 1730. The van der Waals surface area contributed by atoms with E-state index in [9.17, 15) is 45.6 Å². The average Bonchev–Trinajstić information content (AvgIpc) is 3.71. The fourth-order valence-electron chi connectivity index (χ4n) is 5.02. The molecular weight excluding hydrogens is 598 g/mol. The van der Waals surface area contributed by atoms with Crippen molar-refractivity contribution in [1.82, 2.24) is 19.2 Å². The Hall–Kier alpha value is -3.70. The zero-order valence-corrected chi connectivity index (χ0v) is 23.2. The summed E-state index contributed by atoms with van der Waals surface area (Å²) < 4.78 is 96.4. The van der Waals surface area contributed by atoms with Crippen LogP contribution in [0.2, 0.25) is 0 Å². The highest BCUT2D eigenvalue weighted by Crippen LogP contribution is 2.43. The van der Waals surface area contributed by atoms with Crippen molar-refractivity contribution in [3.8, 4) is 11.3 Å². The van der Waals surface area contributed by atoms with Gasteiger partial charge in [-0.15, -0.1) is 0 Å². The number of amides is 1. The number of benzene rings is 2. The maximum Gasteiger partial charge on any atom is 0.491 e. The zero-order chi connectivity index (χ0) is 31.2. The van der Waals surface area contributed by atoms with Crippen LogP contribution in [0.15, 0.2) is 48.7 Å². The molecule has 4 aromatic rings. The van der Waals surface area contributed by atoms with Gasteiger partial charge in [0, 0.05) is 48.6 Å². The van der Waals surface area contributed by atoms with Crippen molar-refractivity contribution in [2.75, 3.05) is 7.05 Å². The highest BCUT2D eigenvalue weighted by molar-refractivity contribution is 7.76. The van der Waals surface area contributed by atoms with Crippen LogP contribution in [0, 0.1) is 11.6 Å². The van der Waals surface area contributed by atoms with Gasteiger partial charge in [0.25, 0.3) is 5.91 Å². The lowest BCUT2D eigenvalue weighted by molar-refractivity contribution is -0.140. The van der Waals surface area contributed by atoms with Gasteiger partial charge in [-0.1, -0.05) is 12.1 Å². The van der Waals surface area contributed by atoms with Crippen LogP contribution in [0.4, 0.5) is 22.0 Å². The minimum absolute atomic E-state index is 0.00264. The molecule has 0 spiro atoms. The lowest BCUT2D eigenvalue weighted by atomic mass is 9.78. The Labute approximate surface area is 244 Å². The van der Waals surface area contributed by atoms with Crippen LogP contribution < -0.4 is 10.8 Å². The fourth-order valence-corrected chi connectivity index (χ4v) is 5.51. The number of alkyl halides is 3. The van der Waals surface area contributed by atoms with E-state index in [-0.39, 0.29) is 17.2 Å². The Kier molecular flexibility index (Phi) is 8.42. The summed E-state index contributed by atoms with van der Waals surface area (Å²) >= 11 is -3.07. The van der Waals surface area contributed by atoms with Gasteiger partial charge in [0.1, 0.15) is 17.3 Å². The number of carbonyl (C=O) groups excluding carboxylic acids is 1. The van der Waals surface area contributed by atoms with E-state index in [0.717, 1.165) is 25.0 Å². The molecule has 1 saturated carbocycles. The number of aromatic nitrogens is 2. The zero-order valence-electron chi connectivity index (χ0n) is 22.4. The quantitative estimate of drug-likeness (QED) is 0.150. The second kappa shape index (κ2) is 11.8. The number of nitrogens with zero attached hydrogens (tertiary/aromatic N) is 3. The van der Waals surface area contributed by atoms with Gasteiger partial charge in [0.2, 0.25) is 0 Å². The van der Waals surface area contributed by atoms with Crippen molar-refractivity contribution in [2.45, 2.75) is 38.0 Å². The van der Waals surface area contributed by atoms with Crippen LogP contribution in [-0.4, -0.2) is 52.8 Å². The summed E-state index contributed by atoms with van der Waals surface area (Å²) in [7, 11) is -1.08. The minimum atomic E-state index is -5.26. The molecule has 0 bridgehead atoms. The number of fused-ring (bicyclic) bond motifs is 1. The molecule has 0 saturated heterocycles. The summed E-state index contributed by atoms with van der Waals surface area (Å²) in [4.78, 5) is 12.9. The summed E-state index contributed by atoms with van der Waals surface area (Å²) in [5.74, 6) is -2.88. The van der Waals surface area contributed by atoms with Crippen LogP contribution in [0.1, 0.15) is 51.4 Å². The molecule has 1 atom stereocenters. The van der Waals surface area contributed by atoms with Crippen molar-refractivity contribution < 1.29 is 45.6 Å². The molecule has 3 N–H and O–H groups in total. The highest BCUT2D eigenvalue weighted by Gasteiger charge is 2.40. The predicted molar refractivity (Wildman–Crippen MR) is 145 cm³/mol. The summed E-state index contributed by atoms with van der Waals surface area (Å²) in [6.45, 7) is -1.29. The fraction of sp³-hybridized carbons (Fsp3) is 0.259. The first-order valence-corrected chi connectivity index (χ1v) is 14.0. The van der Waals surface area contributed by atoms with E-state index >= 15 is 0 Å². The second-order valence-corrected chi connectivity index (χ2v) is 11.0. The molecule has 1 fully saturated rings. The molecular formula is C27H23BF5N4O5S-. The molecule has 2 aromatic carbocycles. The van der Waals surface area contributed by atoms with Crippen molar-refractivity contribution in [2.24, 2.45) is 0 Å². The van der Waals surface area contributed by atoms with Gasteiger partial charge in [-0.3, -0.25) is 9.00 Å². The van der Waals surface area contributed by atoms with Crippen LogP contribution >= 0.6 is 0 Å². The predicted octanol–water partition coefficient (Wildman–Crippen LogP) is 3.01.